The van der Waals surface area contributed by atoms with Crippen LogP contribution in [0.2, 0.25) is 0 Å². The highest BCUT2D eigenvalue weighted by atomic mass is 16.5. The van der Waals surface area contributed by atoms with Crippen molar-refractivity contribution in [1.82, 2.24) is 10.3 Å². The van der Waals surface area contributed by atoms with Crippen LogP contribution >= 0.6 is 0 Å². The summed E-state index contributed by atoms with van der Waals surface area (Å²) in [6.07, 6.45) is 1.94. The van der Waals surface area contributed by atoms with Gasteiger partial charge in [-0.2, -0.15) is 0 Å². The quantitative estimate of drug-likeness (QED) is 0.848. The molecule has 88 valence electrons. The van der Waals surface area contributed by atoms with Gasteiger partial charge in [0.25, 0.3) is 0 Å². The first-order valence-electron chi connectivity index (χ1n) is 5.48. The molecule has 1 aromatic rings. The maximum absolute atomic E-state index is 11.2. The SMILES string of the molecule is Cc1nc(CNC(=O)OCC2CC2)oc1C. The van der Waals surface area contributed by atoms with E-state index in [9.17, 15) is 4.79 Å². The zero-order chi connectivity index (χ0) is 11.5. The first-order chi connectivity index (χ1) is 7.65. The Bertz CT molecular complexity index is 363. The second-order valence-electron chi connectivity index (χ2n) is 4.14. The van der Waals surface area contributed by atoms with Crippen molar-refractivity contribution < 1.29 is 13.9 Å². The van der Waals surface area contributed by atoms with E-state index in [-0.39, 0.29) is 6.54 Å². The van der Waals surface area contributed by atoms with Crippen LogP contribution in [0.4, 0.5) is 4.79 Å². The van der Waals surface area contributed by atoms with Crippen LogP contribution in [-0.2, 0) is 11.3 Å². The Hall–Kier alpha value is -1.52. The van der Waals surface area contributed by atoms with Crippen LogP contribution < -0.4 is 5.32 Å². The molecule has 1 amide bonds. The lowest BCUT2D eigenvalue weighted by Crippen LogP contribution is -2.24. The Balaban J connectivity index is 1.71. The zero-order valence-corrected chi connectivity index (χ0v) is 9.58. The predicted octanol–water partition coefficient (Wildman–Crippen LogP) is 1.93. The van der Waals surface area contributed by atoms with E-state index < -0.39 is 6.09 Å². The third kappa shape index (κ3) is 2.98. The van der Waals surface area contributed by atoms with Gasteiger partial charge in [-0.25, -0.2) is 9.78 Å². The zero-order valence-electron chi connectivity index (χ0n) is 9.58. The number of ether oxygens (including phenoxy) is 1. The summed E-state index contributed by atoms with van der Waals surface area (Å²) in [4.78, 5) is 15.4. The number of rotatable bonds is 4. The molecule has 1 fully saturated rings. The highest BCUT2D eigenvalue weighted by molar-refractivity contribution is 5.66. The topological polar surface area (TPSA) is 64.4 Å². The van der Waals surface area contributed by atoms with E-state index in [4.69, 9.17) is 9.15 Å². The molecule has 1 saturated carbocycles. The number of aromatic nitrogens is 1. The fraction of sp³-hybridized carbons (Fsp3) is 0.636. The van der Waals surface area contributed by atoms with Gasteiger partial charge in [0.2, 0.25) is 5.89 Å². The number of carbonyl (C=O) groups excluding carboxylic acids is 1. The summed E-state index contributed by atoms with van der Waals surface area (Å²) in [5, 5.41) is 2.61. The van der Waals surface area contributed by atoms with Crippen molar-refractivity contribution in [2.24, 2.45) is 5.92 Å². The first kappa shape index (κ1) is 11.0. The van der Waals surface area contributed by atoms with E-state index in [2.05, 4.69) is 10.3 Å². The number of hydrogen-bond donors (Lipinski definition) is 1. The molecule has 1 aromatic heterocycles. The number of nitrogens with zero attached hydrogens (tertiary/aromatic N) is 1. The molecule has 5 heteroatoms. The molecule has 0 aromatic carbocycles. The van der Waals surface area contributed by atoms with Gasteiger partial charge >= 0.3 is 6.09 Å². The van der Waals surface area contributed by atoms with Crippen molar-refractivity contribution in [2.75, 3.05) is 6.61 Å². The summed E-state index contributed by atoms with van der Waals surface area (Å²) in [6, 6.07) is 0. The first-order valence-corrected chi connectivity index (χ1v) is 5.48. The molecule has 5 nitrogen and oxygen atoms in total. The van der Waals surface area contributed by atoms with Crippen molar-refractivity contribution >= 4 is 6.09 Å². The molecule has 0 radical (unpaired) electrons. The minimum Gasteiger partial charge on any atom is -0.449 e. The second-order valence-corrected chi connectivity index (χ2v) is 4.14. The molecule has 1 aliphatic rings. The van der Waals surface area contributed by atoms with Crippen LogP contribution in [0, 0.1) is 19.8 Å². The standard InChI is InChI=1S/C11H16N2O3/c1-7-8(2)16-10(13-7)5-12-11(14)15-6-9-3-4-9/h9H,3-6H2,1-2H3,(H,12,14). The molecule has 1 heterocycles. The van der Waals surface area contributed by atoms with Gasteiger partial charge in [-0.15, -0.1) is 0 Å². The van der Waals surface area contributed by atoms with E-state index >= 15 is 0 Å². The van der Waals surface area contributed by atoms with Crippen LogP contribution in [-0.4, -0.2) is 17.7 Å². The third-order valence-corrected chi connectivity index (χ3v) is 2.60. The largest absolute Gasteiger partial charge is 0.449 e. The lowest BCUT2D eigenvalue weighted by Gasteiger charge is -2.03. The summed E-state index contributed by atoms with van der Waals surface area (Å²) in [6.45, 7) is 4.51. The van der Waals surface area contributed by atoms with Crippen molar-refractivity contribution in [3.05, 3.63) is 17.3 Å². The van der Waals surface area contributed by atoms with E-state index in [1.807, 2.05) is 13.8 Å². The summed E-state index contributed by atoms with van der Waals surface area (Å²) in [5.74, 6) is 1.87. The van der Waals surface area contributed by atoms with Gasteiger partial charge in [0.15, 0.2) is 0 Å². The Morgan fingerprint density at radius 3 is 2.88 bits per heavy atom. The lowest BCUT2D eigenvalue weighted by atomic mass is 10.4. The fourth-order valence-corrected chi connectivity index (χ4v) is 1.29. The monoisotopic (exact) mass is 224 g/mol. The van der Waals surface area contributed by atoms with Gasteiger partial charge in [0, 0.05) is 0 Å². The molecular weight excluding hydrogens is 208 g/mol. The molecule has 0 aliphatic heterocycles. The number of aryl methyl sites for hydroxylation is 2. The molecule has 2 rings (SSSR count). The molecule has 0 saturated heterocycles. The minimum atomic E-state index is -0.402. The van der Waals surface area contributed by atoms with Crippen LogP contribution in [0.15, 0.2) is 4.42 Å². The smallest absolute Gasteiger partial charge is 0.407 e. The lowest BCUT2D eigenvalue weighted by molar-refractivity contribution is 0.139. The van der Waals surface area contributed by atoms with Crippen LogP contribution in [0.5, 0.6) is 0 Å². The molecule has 1 aliphatic carbocycles. The molecule has 0 unspecified atom stereocenters. The summed E-state index contributed by atoms with van der Waals surface area (Å²) < 4.78 is 10.3. The summed E-state index contributed by atoms with van der Waals surface area (Å²) in [7, 11) is 0. The maximum atomic E-state index is 11.2. The van der Waals surface area contributed by atoms with Crippen molar-refractivity contribution in [2.45, 2.75) is 33.2 Å². The van der Waals surface area contributed by atoms with E-state index in [0.717, 1.165) is 11.5 Å². The van der Waals surface area contributed by atoms with Crippen LogP contribution in [0.1, 0.15) is 30.2 Å². The number of hydrogen-bond acceptors (Lipinski definition) is 4. The number of oxazole rings is 1. The second kappa shape index (κ2) is 4.55. The molecule has 0 spiro atoms. The fourth-order valence-electron chi connectivity index (χ4n) is 1.29. The molecule has 0 atom stereocenters. The third-order valence-electron chi connectivity index (χ3n) is 2.60. The van der Waals surface area contributed by atoms with E-state index in [1.165, 1.54) is 12.8 Å². The average Bonchev–Trinajstić information content (AvgIpc) is 3.01. The van der Waals surface area contributed by atoms with Crippen LogP contribution in [0.25, 0.3) is 0 Å². The normalized spacial score (nSPS) is 14.9. The van der Waals surface area contributed by atoms with Gasteiger partial charge in [0.1, 0.15) is 5.76 Å². The summed E-state index contributed by atoms with van der Waals surface area (Å²) >= 11 is 0. The van der Waals surface area contributed by atoms with Crippen molar-refractivity contribution in [3.8, 4) is 0 Å². The average molecular weight is 224 g/mol. The Kier molecular flexibility index (Phi) is 3.12. The molecule has 1 N–H and O–H groups in total. The van der Waals surface area contributed by atoms with Crippen molar-refractivity contribution in [3.63, 3.8) is 0 Å². The Labute approximate surface area is 94.2 Å². The van der Waals surface area contributed by atoms with Gasteiger partial charge in [0.05, 0.1) is 18.8 Å². The molecular formula is C11H16N2O3. The highest BCUT2D eigenvalue weighted by Gasteiger charge is 2.23. The van der Waals surface area contributed by atoms with Gasteiger partial charge in [-0.05, 0) is 32.6 Å². The number of nitrogens with one attached hydrogen (secondary N) is 1. The number of amides is 1. The van der Waals surface area contributed by atoms with E-state index in [0.29, 0.717) is 18.4 Å². The van der Waals surface area contributed by atoms with Crippen molar-refractivity contribution in [1.29, 1.82) is 0 Å². The summed E-state index contributed by atoms with van der Waals surface area (Å²) in [5.41, 5.74) is 0.850. The highest BCUT2D eigenvalue weighted by Crippen LogP contribution is 2.28. The van der Waals surface area contributed by atoms with Gasteiger partial charge in [-0.1, -0.05) is 0 Å². The number of alkyl carbamates (subject to hydrolysis) is 1. The molecule has 16 heavy (non-hydrogen) atoms. The van der Waals surface area contributed by atoms with E-state index in [1.54, 1.807) is 0 Å². The van der Waals surface area contributed by atoms with Gasteiger partial charge in [-0.3, -0.25) is 0 Å². The van der Waals surface area contributed by atoms with Crippen LogP contribution in [0.3, 0.4) is 0 Å². The Morgan fingerprint density at radius 1 is 1.56 bits per heavy atom. The maximum Gasteiger partial charge on any atom is 0.407 e. The molecule has 0 bridgehead atoms. The van der Waals surface area contributed by atoms with Gasteiger partial charge < -0.3 is 14.5 Å². The predicted molar refractivity (Wildman–Crippen MR) is 56.9 cm³/mol. The Morgan fingerprint density at radius 2 is 2.31 bits per heavy atom. The minimum absolute atomic E-state index is 0.276. The number of carbonyl (C=O) groups is 1.